The first-order valence-corrected chi connectivity index (χ1v) is 7.26. The third-order valence-electron chi connectivity index (χ3n) is 3.12. The molecule has 0 aliphatic carbocycles. The molecule has 0 aliphatic rings. The van der Waals surface area contributed by atoms with Gasteiger partial charge in [-0.15, -0.1) is 0 Å². The molecule has 0 aromatic carbocycles. The zero-order valence-electron chi connectivity index (χ0n) is 11.8. The summed E-state index contributed by atoms with van der Waals surface area (Å²) in [6.45, 7) is 5.01. The molecule has 1 nitrogen and oxygen atoms in total. The third-order valence-corrected chi connectivity index (χ3v) is 3.12. The van der Waals surface area contributed by atoms with Gasteiger partial charge in [0.1, 0.15) is 0 Å². The van der Waals surface area contributed by atoms with Crippen LogP contribution in [0.2, 0.25) is 0 Å². The fourth-order valence-corrected chi connectivity index (χ4v) is 1.96. The highest BCUT2D eigenvalue weighted by molar-refractivity contribution is 4.61. The van der Waals surface area contributed by atoms with Gasteiger partial charge < -0.3 is 5.32 Å². The second-order valence-electron chi connectivity index (χ2n) is 5.13. The Morgan fingerprint density at radius 2 is 1.61 bits per heavy atom. The van der Waals surface area contributed by atoms with Gasteiger partial charge >= 0.3 is 6.18 Å². The highest BCUT2D eigenvalue weighted by Gasteiger charge is 2.25. The van der Waals surface area contributed by atoms with Gasteiger partial charge in [0, 0.05) is 12.5 Å². The third kappa shape index (κ3) is 13.8. The maximum atomic E-state index is 11.9. The minimum absolute atomic E-state index is 0.236. The van der Waals surface area contributed by atoms with Crippen molar-refractivity contribution in [2.75, 3.05) is 6.54 Å². The van der Waals surface area contributed by atoms with E-state index in [-0.39, 0.29) is 6.42 Å². The van der Waals surface area contributed by atoms with Crippen LogP contribution in [0.25, 0.3) is 0 Å². The van der Waals surface area contributed by atoms with Crippen LogP contribution in [0.1, 0.15) is 71.6 Å². The number of unbranched alkanes of at least 4 members (excludes halogenated alkanes) is 5. The molecule has 0 aromatic rings. The van der Waals surface area contributed by atoms with E-state index in [4.69, 9.17) is 0 Å². The molecule has 1 atom stereocenters. The van der Waals surface area contributed by atoms with Gasteiger partial charge in [-0.3, -0.25) is 0 Å². The minimum atomic E-state index is -4.00. The number of nitrogens with one attached hydrogen (secondary N) is 1. The zero-order valence-corrected chi connectivity index (χ0v) is 11.8. The van der Waals surface area contributed by atoms with Crippen molar-refractivity contribution in [2.45, 2.75) is 83.9 Å². The van der Waals surface area contributed by atoms with Crippen LogP contribution in [0, 0.1) is 0 Å². The molecule has 1 N–H and O–H groups in total. The maximum Gasteiger partial charge on any atom is 0.389 e. The first-order valence-electron chi connectivity index (χ1n) is 7.26. The first kappa shape index (κ1) is 17.8. The van der Waals surface area contributed by atoms with Crippen LogP contribution >= 0.6 is 0 Å². The van der Waals surface area contributed by atoms with Crippen LogP contribution < -0.4 is 5.32 Å². The highest BCUT2D eigenvalue weighted by Crippen LogP contribution is 2.21. The highest BCUT2D eigenvalue weighted by atomic mass is 19.4. The van der Waals surface area contributed by atoms with Crippen LogP contribution in [0.15, 0.2) is 0 Å². The van der Waals surface area contributed by atoms with Gasteiger partial charge in [-0.25, -0.2) is 0 Å². The van der Waals surface area contributed by atoms with Gasteiger partial charge in [0.05, 0.1) is 0 Å². The zero-order chi connectivity index (χ0) is 13.9. The summed E-state index contributed by atoms with van der Waals surface area (Å²) < 4.78 is 35.7. The fourth-order valence-electron chi connectivity index (χ4n) is 1.96. The topological polar surface area (TPSA) is 12.0 Å². The summed E-state index contributed by atoms with van der Waals surface area (Å²) >= 11 is 0. The van der Waals surface area contributed by atoms with E-state index in [0.717, 1.165) is 6.42 Å². The fraction of sp³-hybridized carbons (Fsp3) is 1.00. The molecule has 0 aliphatic heterocycles. The molecule has 110 valence electrons. The summed E-state index contributed by atoms with van der Waals surface area (Å²) in [5, 5.41) is 3.29. The van der Waals surface area contributed by atoms with Crippen molar-refractivity contribution in [3.63, 3.8) is 0 Å². The van der Waals surface area contributed by atoms with Crippen molar-refractivity contribution >= 4 is 0 Å². The summed E-state index contributed by atoms with van der Waals surface area (Å²) in [5.74, 6) is 0. The summed E-state index contributed by atoms with van der Waals surface area (Å²) in [4.78, 5) is 0. The number of hydrogen-bond acceptors (Lipinski definition) is 1. The predicted octanol–water partition coefficient (Wildman–Crippen LogP) is 5.06. The second-order valence-corrected chi connectivity index (χ2v) is 5.13. The van der Waals surface area contributed by atoms with E-state index < -0.39 is 12.6 Å². The maximum absolute atomic E-state index is 11.9. The van der Waals surface area contributed by atoms with Crippen molar-refractivity contribution in [1.29, 1.82) is 0 Å². The molecule has 0 spiro atoms. The Morgan fingerprint density at radius 1 is 0.944 bits per heavy atom. The lowest BCUT2D eigenvalue weighted by Crippen LogP contribution is -2.27. The van der Waals surface area contributed by atoms with Crippen LogP contribution in [-0.2, 0) is 0 Å². The molecule has 0 saturated carbocycles. The molecule has 0 fully saturated rings. The summed E-state index contributed by atoms with van der Waals surface area (Å²) in [7, 11) is 0. The number of halogens is 3. The minimum Gasteiger partial charge on any atom is -0.314 e. The van der Waals surface area contributed by atoms with Crippen molar-refractivity contribution in [2.24, 2.45) is 0 Å². The van der Waals surface area contributed by atoms with Gasteiger partial charge in [-0.05, 0) is 32.7 Å². The van der Waals surface area contributed by atoms with Crippen molar-refractivity contribution < 1.29 is 13.2 Å². The summed E-state index contributed by atoms with van der Waals surface area (Å²) in [6.07, 6.45) is 3.68. The Kier molecular flexibility index (Phi) is 10.5. The molecule has 0 bridgehead atoms. The standard InChI is InChI=1S/C14H28F3N/c1-3-4-5-6-7-10-13(2)18-12-9-8-11-14(15,16)17/h13,18H,3-12H2,1-2H3. The SMILES string of the molecule is CCCCCCCC(C)NCCCCC(F)(F)F. The molecular weight excluding hydrogens is 239 g/mol. The normalized spacial score (nSPS) is 13.8. The van der Waals surface area contributed by atoms with Crippen LogP contribution in [0.3, 0.4) is 0 Å². The first-order chi connectivity index (χ1) is 8.45. The Hall–Kier alpha value is -0.250. The van der Waals surface area contributed by atoms with Crippen LogP contribution in [-0.4, -0.2) is 18.8 Å². The average Bonchev–Trinajstić information content (AvgIpc) is 2.27. The van der Waals surface area contributed by atoms with Crippen LogP contribution in [0.5, 0.6) is 0 Å². The number of hydrogen-bond donors (Lipinski definition) is 1. The Balaban J connectivity index is 3.24. The van der Waals surface area contributed by atoms with E-state index in [2.05, 4.69) is 19.2 Å². The van der Waals surface area contributed by atoms with E-state index in [0.29, 0.717) is 19.0 Å². The summed E-state index contributed by atoms with van der Waals surface area (Å²) in [5.41, 5.74) is 0. The van der Waals surface area contributed by atoms with Gasteiger partial charge in [0.2, 0.25) is 0 Å². The van der Waals surface area contributed by atoms with E-state index in [1.54, 1.807) is 0 Å². The summed E-state index contributed by atoms with van der Waals surface area (Å²) in [6, 6.07) is 0.428. The molecular formula is C14H28F3N. The van der Waals surface area contributed by atoms with Gasteiger partial charge in [0.15, 0.2) is 0 Å². The molecule has 4 heteroatoms. The van der Waals surface area contributed by atoms with Gasteiger partial charge in [-0.2, -0.15) is 13.2 Å². The Labute approximate surface area is 110 Å². The average molecular weight is 267 g/mol. The number of alkyl halides is 3. The molecule has 0 radical (unpaired) electrons. The quantitative estimate of drug-likeness (QED) is 0.516. The lowest BCUT2D eigenvalue weighted by molar-refractivity contribution is -0.135. The van der Waals surface area contributed by atoms with Crippen molar-refractivity contribution in [3.8, 4) is 0 Å². The van der Waals surface area contributed by atoms with E-state index in [1.165, 1.54) is 32.1 Å². The second kappa shape index (κ2) is 10.7. The molecule has 0 amide bonds. The largest absolute Gasteiger partial charge is 0.389 e. The van der Waals surface area contributed by atoms with Crippen molar-refractivity contribution in [1.82, 2.24) is 5.32 Å². The molecule has 0 aromatic heterocycles. The van der Waals surface area contributed by atoms with E-state index in [9.17, 15) is 13.2 Å². The van der Waals surface area contributed by atoms with E-state index >= 15 is 0 Å². The predicted molar refractivity (Wildman–Crippen MR) is 70.7 cm³/mol. The lowest BCUT2D eigenvalue weighted by Gasteiger charge is -2.13. The van der Waals surface area contributed by atoms with E-state index in [1.807, 2.05) is 0 Å². The van der Waals surface area contributed by atoms with Gasteiger partial charge in [-0.1, -0.05) is 39.0 Å². The Morgan fingerprint density at radius 3 is 2.22 bits per heavy atom. The molecule has 18 heavy (non-hydrogen) atoms. The smallest absolute Gasteiger partial charge is 0.314 e. The number of rotatable bonds is 11. The molecule has 1 unspecified atom stereocenters. The molecule has 0 saturated heterocycles. The molecule has 0 rings (SSSR count). The molecule has 0 heterocycles. The van der Waals surface area contributed by atoms with Gasteiger partial charge in [0.25, 0.3) is 0 Å². The monoisotopic (exact) mass is 267 g/mol. The Bertz CT molecular complexity index is 180. The van der Waals surface area contributed by atoms with Crippen LogP contribution in [0.4, 0.5) is 13.2 Å². The van der Waals surface area contributed by atoms with Crippen molar-refractivity contribution in [3.05, 3.63) is 0 Å². The lowest BCUT2D eigenvalue weighted by atomic mass is 10.1.